The summed E-state index contributed by atoms with van der Waals surface area (Å²) in [5.74, 6) is 1.73. The lowest BCUT2D eigenvalue weighted by Crippen LogP contribution is -2.41. The molecule has 2 N–H and O–H groups in total. The zero-order chi connectivity index (χ0) is 16.9. The Morgan fingerprint density at radius 3 is 2.65 bits per heavy atom. The van der Waals surface area contributed by atoms with Gasteiger partial charge in [0.1, 0.15) is 5.75 Å². The molecule has 0 aliphatic rings. The second-order valence-corrected chi connectivity index (χ2v) is 5.59. The molecule has 0 saturated carbocycles. The second-order valence-electron chi connectivity index (χ2n) is 5.59. The van der Waals surface area contributed by atoms with Crippen LogP contribution in [0, 0.1) is 0 Å². The number of rotatable bonds is 10. The van der Waals surface area contributed by atoms with Gasteiger partial charge in [-0.2, -0.15) is 0 Å². The van der Waals surface area contributed by atoms with Crippen molar-refractivity contribution in [2.45, 2.75) is 33.2 Å². The number of unbranched alkanes of at least 4 members (excludes halogenated alkanes) is 1. The highest BCUT2D eigenvalue weighted by molar-refractivity contribution is 5.79. The van der Waals surface area contributed by atoms with Crippen molar-refractivity contribution >= 4 is 5.96 Å². The van der Waals surface area contributed by atoms with Crippen molar-refractivity contribution in [2.24, 2.45) is 4.99 Å². The van der Waals surface area contributed by atoms with Crippen molar-refractivity contribution in [1.82, 2.24) is 15.5 Å². The molecule has 23 heavy (non-hydrogen) atoms. The van der Waals surface area contributed by atoms with Crippen LogP contribution < -0.4 is 15.4 Å². The highest BCUT2D eigenvalue weighted by Gasteiger charge is 2.03. The number of hydrogen-bond donors (Lipinski definition) is 2. The summed E-state index contributed by atoms with van der Waals surface area (Å²) in [7, 11) is 3.86. The van der Waals surface area contributed by atoms with Gasteiger partial charge in [0.2, 0.25) is 0 Å². The molecule has 0 saturated heterocycles. The lowest BCUT2D eigenvalue weighted by atomic mass is 10.2. The van der Waals surface area contributed by atoms with Gasteiger partial charge >= 0.3 is 0 Å². The van der Waals surface area contributed by atoms with Crippen molar-refractivity contribution in [3.63, 3.8) is 0 Å². The van der Waals surface area contributed by atoms with Gasteiger partial charge in [-0.05, 0) is 33.0 Å². The van der Waals surface area contributed by atoms with Gasteiger partial charge in [-0.3, -0.25) is 0 Å². The average Bonchev–Trinajstić information content (AvgIpc) is 2.58. The normalized spacial score (nSPS) is 11.6. The van der Waals surface area contributed by atoms with E-state index in [1.54, 1.807) is 7.11 Å². The first-order valence-electron chi connectivity index (χ1n) is 8.53. The first kappa shape index (κ1) is 19.3. The van der Waals surface area contributed by atoms with Crippen LogP contribution in [0.15, 0.2) is 29.3 Å². The Hall–Kier alpha value is -1.75. The van der Waals surface area contributed by atoms with E-state index in [1.807, 2.05) is 24.3 Å². The smallest absolute Gasteiger partial charge is 0.191 e. The van der Waals surface area contributed by atoms with Gasteiger partial charge in [-0.15, -0.1) is 0 Å². The number of nitrogens with zero attached hydrogens (tertiary/aromatic N) is 2. The first-order valence-corrected chi connectivity index (χ1v) is 8.53. The summed E-state index contributed by atoms with van der Waals surface area (Å²) < 4.78 is 5.37. The maximum atomic E-state index is 5.37. The van der Waals surface area contributed by atoms with Crippen LogP contribution in [0.2, 0.25) is 0 Å². The van der Waals surface area contributed by atoms with Crippen molar-refractivity contribution in [3.8, 4) is 5.75 Å². The summed E-state index contributed by atoms with van der Waals surface area (Å²) in [6, 6.07) is 8.00. The Morgan fingerprint density at radius 2 is 1.96 bits per heavy atom. The molecule has 0 fully saturated rings. The summed E-state index contributed by atoms with van der Waals surface area (Å²) in [6.45, 7) is 8.80. The number of hydrogen-bond acceptors (Lipinski definition) is 3. The molecule has 130 valence electrons. The number of methoxy groups -OCH3 is 1. The van der Waals surface area contributed by atoms with Crippen LogP contribution in [-0.4, -0.2) is 51.2 Å². The maximum absolute atomic E-state index is 5.37. The molecule has 0 aliphatic carbocycles. The number of ether oxygens (including phenoxy) is 1. The number of likely N-dealkylation sites (N-methyl/N-ethyl adjacent to an activating group) is 1. The number of nitrogens with one attached hydrogen (secondary N) is 2. The summed E-state index contributed by atoms with van der Waals surface area (Å²) in [6.07, 6.45) is 2.49. The van der Waals surface area contributed by atoms with E-state index in [-0.39, 0.29) is 0 Å². The predicted molar refractivity (Wildman–Crippen MR) is 98.2 cm³/mol. The van der Waals surface area contributed by atoms with Crippen LogP contribution in [0.5, 0.6) is 5.75 Å². The van der Waals surface area contributed by atoms with E-state index in [1.165, 1.54) is 12.8 Å². The molecular weight excluding hydrogens is 288 g/mol. The molecule has 0 radical (unpaired) electrons. The Kier molecular flexibility index (Phi) is 9.87. The fraction of sp³-hybridized carbons (Fsp3) is 0.611. The van der Waals surface area contributed by atoms with E-state index in [0.29, 0.717) is 6.54 Å². The van der Waals surface area contributed by atoms with E-state index < -0.39 is 0 Å². The highest BCUT2D eigenvalue weighted by Crippen LogP contribution is 2.17. The molecule has 1 aromatic carbocycles. The molecule has 0 amide bonds. The van der Waals surface area contributed by atoms with Crippen LogP contribution >= 0.6 is 0 Å². The molecule has 0 heterocycles. The number of benzene rings is 1. The molecule has 1 rings (SSSR count). The van der Waals surface area contributed by atoms with Gasteiger partial charge in [0.25, 0.3) is 0 Å². The van der Waals surface area contributed by atoms with E-state index in [9.17, 15) is 0 Å². The molecule has 5 heteroatoms. The topological polar surface area (TPSA) is 48.9 Å². The lowest BCUT2D eigenvalue weighted by molar-refractivity contribution is 0.332. The summed E-state index contributed by atoms with van der Waals surface area (Å²) in [5.41, 5.74) is 1.09. The molecule has 0 unspecified atom stereocenters. The number of guanidine groups is 1. The molecule has 0 atom stereocenters. The van der Waals surface area contributed by atoms with Crippen LogP contribution in [0.4, 0.5) is 0 Å². The average molecular weight is 320 g/mol. The van der Waals surface area contributed by atoms with Crippen LogP contribution in [-0.2, 0) is 6.54 Å². The number of aliphatic imine (C=N–C) groups is 1. The highest BCUT2D eigenvalue weighted by atomic mass is 16.5. The molecule has 0 bridgehead atoms. The molecule has 5 nitrogen and oxygen atoms in total. The minimum absolute atomic E-state index is 0.602. The van der Waals surface area contributed by atoms with Crippen molar-refractivity contribution in [2.75, 3.05) is 40.3 Å². The second kappa shape index (κ2) is 11.8. The third-order valence-electron chi connectivity index (χ3n) is 3.62. The van der Waals surface area contributed by atoms with Crippen LogP contribution in [0.3, 0.4) is 0 Å². The fourth-order valence-corrected chi connectivity index (χ4v) is 2.24. The Labute approximate surface area is 141 Å². The zero-order valence-electron chi connectivity index (χ0n) is 15.1. The van der Waals surface area contributed by atoms with Gasteiger partial charge in [0, 0.05) is 25.2 Å². The first-order chi connectivity index (χ1) is 11.2. The Balaban J connectivity index is 2.50. The maximum Gasteiger partial charge on any atom is 0.191 e. The van der Waals surface area contributed by atoms with E-state index in [2.05, 4.69) is 41.4 Å². The number of para-hydroxylation sites is 1. The van der Waals surface area contributed by atoms with Gasteiger partial charge < -0.3 is 20.3 Å². The minimum atomic E-state index is 0.602. The van der Waals surface area contributed by atoms with Gasteiger partial charge in [-0.25, -0.2) is 4.99 Å². The molecule has 0 spiro atoms. The Bertz CT molecular complexity index is 462. The molecular formula is C18H32N4O. The molecule has 0 aromatic heterocycles. The van der Waals surface area contributed by atoms with Gasteiger partial charge in [-0.1, -0.05) is 31.5 Å². The Morgan fingerprint density at radius 1 is 1.17 bits per heavy atom. The van der Waals surface area contributed by atoms with Crippen LogP contribution in [0.1, 0.15) is 32.3 Å². The third-order valence-corrected chi connectivity index (χ3v) is 3.62. The fourth-order valence-electron chi connectivity index (χ4n) is 2.24. The van der Waals surface area contributed by atoms with Gasteiger partial charge in [0.05, 0.1) is 13.7 Å². The van der Waals surface area contributed by atoms with Gasteiger partial charge in [0.15, 0.2) is 5.96 Å². The quantitative estimate of drug-likeness (QED) is 0.514. The van der Waals surface area contributed by atoms with Crippen LogP contribution in [0.25, 0.3) is 0 Å². The minimum Gasteiger partial charge on any atom is -0.496 e. The standard InChI is InChI=1S/C18H32N4O/c1-5-7-13-22(3)14-12-20-18(19-6-2)21-15-16-10-8-9-11-17(16)23-4/h8-11H,5-7,12-15H2,1-4H3,(H2,19,20,21). The summed E-state index contributed by atoms with van der Waals surface area (Å²) >= 11 is 0. The van der Waals surface area contributed by atoms with E-state index in [4.69, 9.17) is 4.74 Å². The van der Waals surface area contributed by atoms with E-state index in [0.717, 1.165) is 43.5 Å². The largest absolute Gasteiger partial charge is 0.496 e. The molecule has 0 aliphatic heterocycles. The monoisotopic (exact) mass is 320 g/mol. The third kappa shape index (κ3) is 7.88. The van der Waals surface area contributed by atoms with E-state index >= 15 is 0 Å². The summed E-state index contributed by atoms with van der Waals surface area (Å²) in [4.78, 5) is 6.99. The van der Waals surface area contributed by atoms with Crippen molar-refractivity contribution in [3.05, 3.63) is 29.8 Å². The predicted octanol–water partition coefficient (Wildman–Crippen LogP) is 2.48. The SMILES string of the molecule is CCCCN(C)CCNC(=NCc1ccccc1OC)NCC. The lowest BCUT2D eigenvalue weighted by Gasteiger charge is -2.18. The van der Waals surface area contributed by atoms with Crippen molar-refractivity contribution < 1.29 is 4.74 Å². The summed E-state index contributed by atoms with van der Waals surface area (Å²) in [5, 5.41) is 6.68. The molecule has 1 aromatic rings. The zero-order valence-corrected chi connectivity index (χ0v) is 15.1. The van der Waals surface area contributed by atoms with Crippen molar-refractivity contribution in [1.29, 1.82) is 0 Å².